The molecule has 0 radical (unpaired) electrons. The van der Waals surface area contributed by atoms with Gasteiger partial charge in [-0.2, -0.15) is 0 Å². The second kappa shape index (κ2) is 7.60. The molecule has 0 saturated carbocycles. The SMILES string of the molecule is Cc1ccc(N=CC=C(Sc2ccc(F)cc2)C(C)(C)C)cc1. The van der Waals surface area contributed by atoms with Crippen LogP contribution in [0.3, 0.4) is 0 Å². The number of halogens is 1. The molecule has 0 N–H and O–H groups in total. The molecule has 0 fully saturated rings. The second-order valence-corrected chi connectivity index (χ2v) is 7.57. The van der Waals surface area contributed by atoms with Gasteiger partial charge >= 0.3 is 0 Å². The Morgan fingerprint density at radius 3 is 2.17 bits per heavy atom. The Kier molecular flexibility index (Phi) is 5.78. The standard InChI is InChI=1S/C20H22FNS/c1-15-5-9-17(10-6-15)22-14-13-19(20(2,3)4)23-18-11-7-16(21)8-12-18/h5-14H,1-4H3. The van der Waals surface area contributed by atoms with E-state index in [2.05, 4.69) is 32.7 Å². The lowest BCUT2D eigenvalue weighted by Crippen LogP contribution is -2.06. The van der Waals surface area contributed by atoms with Gasteiger partial charge in [-0.15, -0.1) is 0 Å². The van der Waals surface area contributed by atoms with Crippen LogP contribution in [0.25, 0.3) is 0 Å². The highest BCUT2D eigenvalue weighted by atomic mass is 32.2. The van der Waals surface area contributed by atoms with E-state index in [1.165, 1.54) is 22.6 Å². The molecule has 3 heteroatoms. The normalized spacial score (nSPS) is 12.8. The summed E-state index contributed by atoms with van der Waals surface area (Å²) in [6.07, 6.45) is 3.87. The van der Waals surface area contributed by atoms with Gasteiger partial charge in [0.25, 0.3) is 0 Å². The Morgan fingerprint density at radius 2 is 1.61 bits per heavy atom. The highest BCUT2D eigenvalue weighted by Gasteiger charge is 2.17. The first-order chi connectivity index (χ1) is 10.8. The minimum absolute atomic E-state index is 0.00164. The van der Waals surface area contributed by atoms with Gasteiger partial charge in [-0.3, -0.25) is 4.99 Å². The van der Waals surface area contributed by atoms with Crippen molar-refractivity contribution in [3.63, 3.8) is 0 Å². The largest absolute Gasteiger partial charge is 0.257 e. The van der Waals surface area contributed by atoms with Crippen molar-refractivity contribution in [2.45, 2.75) is 32.6 Å². The van der Waals surface area contributed by atoms with Gasteiger partial charge in [0.05, 0.1) is 5.69 Å². The summed E-state index contributed by atoms with van der Waals surface area (Å²) in [5.74, 6) is -0.212. The maximum Gasteiger partial charge on any atom is 0.123 e. The summed E-state index contributed by atoms with van der Waals surface area (Å²) in [5.41, 5.74) is 2.16. The lowest BCUT2D eigenvalue weighted by atomic mass is 9.96. The molecule has 1 nitrogen and oxygen atoms in total. The van der Waals surface area contributed by atoms with E-state index in [1.54, 1.807) is 23.9 Å². The third-order valence-corrected chi connectivity index (χ3v) is 4.74. The van der Waals surface area contributed by atoms with Crippen LogP contribution in [0.2, 0.25) is 0 Å². The first-order valence-corrected chi connectivity index (χ1v) is 8.41. The molecule has 0 heterocycles. The quantitative estimate of drug-likeness (QED) is 0.457. The first-order valence-electron chi connectivity index (χ1n) is 7.59. The fourth-order valence-corrected chi connectivity index (χ4v) is 2.85. The monoisotopic (exact) mass is 327 g/mol. The summed E-state index contributed by atoms with van der Waals surface area (Å²) < 4.78 is 13.0. The molecule has 0 atom stereocenters. The fourth-order valence-electron chi connectivity index (χ4n) is 1.89. The number of nitrogens with zero attached hydrogens (tertiary/aromatic N) is 1. The van der Waals surface area contributed by atoms with E-state index in [1.807, 2.05) is 36.6 Å². The smallest absolute Gasteiger partial charge is 0.123 e. The van der Waals surface area contributed by atoms with Gasteiger partial charge in [0.15, 0.2) is 0 Å². The number of benzene rings is 2. The van der Waals surface area contributed by atoms with Crippen molar-refractivity contribution in [2.75, 3.05) is 0 Å². The molecule has 0 aliphatic heterocycles. The van der Waals surface area contributed by atoms with E-state index in [9.17, 15) is 4.39 Å². The number of aryl methyl sites for hydroxylation is 1. The molecule has 0 spiro atoms. The Balaban J connectivity index is 2.17. The van der Waals surface area contributed by atoms with Crippen LogP contribution in [0.15, 0.2) is 69.4 Å². The van der Waals surface area contributed by atoms with Crippen molar-refractivity contribution in [3.8, 4) is 0 Å². The number of hydrogen-bond donors (Lipinski definition) is 0. The third-order valence-electron chi connectivity index (χ3n) is 3.26. The van der Waals surface area contributed by atoms with Crippen molar-refractivity contribution in [1.82, 2.24) is 0 Å². The Morgan fingerprint density at radius 1 is 1.00 bits per heavy atom. The maximum absolute atomic E-state index is 13.0. The zero-order valence-electron chi connectivity index (χ0n) is 14.0. The summed E-state index contributed by atoms with van der Waals surface area (Å²) in [7, 11) is 0. The molecule has 120 valence electrons. The molecule has 2 rings (SSSR count). The van der Waals surface area contributed by atoms with Crippen LogP contribution in [-0.2, 0) is 0 Å². The van der Waals surface area contributed by atoms with Crippen LogP contribution in [0.1, 0.15) is 26.3 Å². The lowest BCUT2D eigenvalue weighted by Gasteiger charge is -2.22. The number of rotatable bonds is 4. The zero-order valence-corrected chi connectivity index (χ0v) is 14.8. The van der Waals surface area contributed by atoms with Crippen LogP contribution in [-0.4, -0.2) is 6.21 Å². The van der Waals surface area contributed by atoms with Crippen molar-refractivity contribution in [2.24, 2.45) is 10.4 Å². The van der Waals surface area contributed by atoms with Crippen LogP contribution in [0, 0.1) is 18.2 Å². The number of aliphatic imine (C=N–C) groups is 1. The predicted molar refractivity (Wildman–Crippen MR) is 99.1 cm³/mol. The van der Waals surface area contributed by atoms with Crippen molar-refractivity contribution in [1.29, 1.82) is 0 Å². The van der Waals surface area contributed by atoms with Crippen LogP contribution in [0.4, 0.5) is 10.1 Å². The van der Waals surface area contributed by atoms with Crippen LogP contribution >= 0.6 is 11.8 Å². The molecule has 2 aromatic carbocycles. The third kappa shape index (κ3) is 5.68. The molecule has 2 aromatic rings. The Bertz CT molecular complexity index is 692. The minimum atomic E-state index is -0.212. The maximum atomic E-state index is 13.0. The summed E-state index contributed by atoms with van der Waals surface area (Å²) in [5, 5.41) is 0. The summed E-state index contributed by atoms with van der Waals surface area (Å²) in [6.45, 7) is 8.55. The molecule has 23 heavy (non-hydrogen) atoms. The number of allylic oxidation sites excluding steroid dienone is 2. The zero-order chi connectivity index (χ0) is 16.9. The predicted octanol–water partition coefficient (Wildman–Crippen LogP) is 6.56. The van der Waals surface area contributed by atoms with Crippen LogP contribution in [0.5, 0.6) is 0 Å². The summed E-state index contributed by atoms with van der Waals surface area (Å²) >= 11 is 1.65. The molecular formula is C20H22FNS. The molecule has 0 unspecified atom stereocenters. The van der Waals surface area contributed by atoms with E-state index in [0.717, 1.165) is 10.6 Å². The highest BCUT2D eigenvalue weighted by molar-refractivity contribution is 8.03. The van der Waals surface area contributed by atoms with Gasteiger partial charge < -0.3 is 0 Å². The fraction of sp³-hybridized carbons (Fsp3) is 0.250. The van der Waals surface area contributed by atoms with Crippen molar-refractivity contribution < 1.29 is 4.39 Å². The first kappa shape index (κ1) is 17.5. The molecule has 0 aliphatic carbocycles. The van der Waals surface area contributed by atoms with E-state index in [4.69, 9.17) is 0 Å². The molecule has 0 aromatic heterocycles. The topological polar surface area (TPSA) is 12.4 Å². The van der Waals surface area contributed by atoms with Gasteiger partial charge in [-0.1, -0.05) is 50.2 Å². The Labute approximate surface area is 142 Å². The number of hydrogen-bond acceptors (Lipinski definition) is 2. The molecule has 0 saturated heterocycles. The van der Waals surface area contributed by atoms with Gasteiger partial charge in [0.1, 0.15) is 5.82 Å². The molecule has 0 aliphatic rings. The average molecular weight is 327 g/mol. The van der Waals surface area contributed by atoms with Gasteiger partial charge in [0, 0.05) is 11.1 Å². The summed E-state index contributed by atoms with van der Waals surface area (Å²) in [6, 6.07) is 14.7. The van der Waals surface area contributed by atoms with Crippen molar-refractivity contribution >= 4 is 23.7 Å². The molecular weight excluding hydrogens is 305 g/mol. The van der Waals surface area contributed by atoms with Gasteiger partial charge in [-0.25, -0.2) is 4.39 Å². The van der Waals surface area contributed by atoms with E-state index in [0.29, 0.717) is 0 Å². The lowest BCUT2D eigenvalue weighted by molar-refractivity contribution is 0.534. The van der Waals surface area contributed by atoms with E-state index in [-0.39, 0.29) is 11.2 Å². The van der Waals surface area contributed by atoms with E-state index >= 15 is 0 Å². The highest BCUT2D eigenvalue weighted by Crippen LogP contribution is 2.38. The Hall–Kier alpha value is -1.87. The second-order valence-electron chi connectivity index (χ2n) is 6.45. The summed E-state index contributed by atoms with van der Waals surface area (Å²) in [4.78, 5) is 6.69. The van der Waals surface area contributed by atoms with Crippen molar-refractivity contribution in [3.05, 3.63) is 70.9 Å². The molecule has 0 bridgehead atoms. The molecule has 0 amide bonds. The van der Waals surface area contributed by atoms with Crippen LogP contribution < -0.4 is 0 Å². The van der Waals surface area contributed by atoms with Gasteiger partial charge in [-0.05, 0) is 59.7 Å². The average Bonchev–Trinajstić information content (AvgIpc) is 2.49. The van der Waals surface area contributed by atoms with Gasteiger partial charge in [0.2, 0.25) is 0 Å². The van der Waals surface area contributed by atoms with E-state index < -0.39 is 0 Å². The number of thioether (sulfide) groups is 1. The minimum Gasteiger partial charge on any atom is -0.257 e.